The molecule has 3 heteroatoms. The van der Waals surface area contributed by atoms with E-state index in [1.54, 1.807) is 0 Å². The van der Waals surface area contributed by atoms with Crippen molar-refractivity contribution >= 4 is 0 Å². The highest BCUT2D eigenvalue weighted by Gasteiger charge is 2.28. The predicted octanol–water partition coefficient (Wildman–Crippen LogP) is 1.53. The Hall–Kier alpha value is -0.120. The Balaban J connectivity index is 1.43. The van der Waals surface area contributed by atoms with Gasteiger partial charge < -0.3 is 15.4 Å². The van der Waals surface area contributed by atoms with E-state index in [0.29, 0.717) is 6.10 Å². The molecular weight excluding hydrogens is 200 g/mol. The molecule has 0 aromatic heterocycles. The van der Waals surface area contributed by atoms with Crippen LogP contribution in [0, 0.1) is 5.92 Å². The molecular formula is C13H26N2O. The summed E-state index contributed by atoms with van der Waals surface area (Å²) in [7, 11) is 1.82. The van der Waals surface area contributed by atoms with E-state index >= 15 is 0 Å². The maximum absolute atomic E-state index is 5.27. The smallest absolute Gasteiger partial charge is 0.0601 e. The van der Waals surface area contributed by atoms with Gasteiger partial charge in [-0.3, -0.25) is 0 Å². The predicted molar refractivity (Wildman–Crippen MR) is 66.6 cm³/mol. The molecule has 0 spiro atoms. The third kappa shape index (κ3) is 3.72. The molecule has 0 bridgehead atoms. The molecule has 0 aromatic carbocycles. The number of nitrogens with one attached hydrogen (secondary N) is 2. The Kier molecular flexibility index (Phi) is 5.07. The number of rotatable bonds is 6. The normalized spacial score (nSPS) is 31.3. The van der Waals surface area contributed by atoms with Gasteiger partial charge in [0, 0.05) is 13.2 Å². The van der Waals surface area contributed by atoms with Crippen LogP contribution >= 0.6 is 0 Å². The Bertz CT molecular complexity index is 186. The van der Waals surface area contributed by atoms with Gasteiger partial charge in [-0.2, -0.15) is 0 Å². The molecule has 2 fully saturated rings. The van der Waals surface area contributed by atoms with Gasteiger partial charge >= 0.3 is 0 Å². The Morgan fingerprint density at radius 3 is 2.69 bits per heavy atom. The average Bonchev–Trinajstić information content (AvgIpc) is 2.28. The minimum absolute atomic E-state index is 0.530. The molecule has 0 unspecified atom stereocenters. The topological polar surface area (TPSA) is 33.3 Å². The van der Waals surface area contributed by atoms with Gasteiger partial charge in [-0.25, -0.2) is 0 Å². The Morgan fingerprint density at radius 2 is 2.00 bits per heavy atom. The van der Waals surface area contributed by atoms with E-state index in [1.807, 2.05) is 7.11 Å². The molecule has 94 valence electrons. The fraction of sp³-hybridized carbons (Fsp3) is 1.00. The summed E-state index contributed by atoms with van der Waals surface area (Å²) in [4.78, 5) is 0. The molecule has 1 aliphatic carbocycles. The minimum Gasteiger partial charge on any atom is -0.381 e. The molecule has 2 N–H and O–H groups in total. The molecule has 1 heterocycles. The first kappa shape index (κ1) is 12.3. The van der Waals surface area contributed by atoms with Crippen molar-refractivity contribution in [1.29, 1.82) is 0 Å². The first-order valence-electron chi connectivity index (χ1n) is 6.85. The van der Waals surface area contributed by atoms with Crippen molar-refractivity contribution < 1.29 is 4.74 Å². The molecule has 2 aliphatic rings. The summed E-state index contributed by atoms with van der Waals surface area (Å²) in [6.07, 6.45) is 8.48. The van der Waals surface area contributed by atoms with E-state index in [4.69, 9.17) is 4.74 Å². The van der Waals surface area contributed by atoms with Crippen LogP contribution in [0.4, 0.5) is 0 Å². The number of ether oxygens (including phenoxy) is 1. The summed E-state index contributed by atoms with van der Waals surface area (Å²) in [5, 5.41) is 7.05. The average molecular weight is 226 g/mol. The zero-order valence-electron chi connectivity index (χ0n) is 10.5. The van der Waals surface area contributed by atoms with Gasteiger partial charge in [-0.1, -0.05) is 0 Å². The number of methoxy groups -OCH3 is 1. The second kappa shape index (κ2) is 6.58. The lowest BCUT2D eigenvalue weighted by atomic mass is 9.89. The first-order valence-corrected chi connectivity index (χ1v) is 6.85. The van der Waals surface area contributed by atoms with Gasteiger partial charge in [-0.05, 0) is 64.1 Å². The van der Waals surface area contributed by atoms with Crippen molar-refractivity contribution in [2.24, 2.45) is 5.92 Å². The molecule has 0 radical (unpaired) electrons. The van der Waals surface area contributed by atoms with Crippen LogP contribution in [0.5, 0.6) is 0 Å². The van der Waals surface area contributed by atoms with Crippen molar-refractivity contribution in [3.05, 3.63) is 0 Å². The number of hydrogen-bond acceptors (Lipinski definition) is 3. The number of piperidine rings is 1. The van der Waals surface area contributed by atoms with Crippen LogP contribution in [-0.2, 0) is 4.74 Å². The highest BCUT2D eigenvalue weighted by molar-refractivity contribution is 4.85. The third-order valence-electron chi connectivity index (χ3n) is 4.11. The second-order valence-corrected chi connectivity index (χ2v) is 5.32. The van der Waals surface area contributed by atoms with Gasteiger partial charge in [0.05, 0.1) is 6.10 Å². The van der Waals surface area contributed by atoms with Crippen molar-refractivity contribution in [3.8, 4) is 0 Å². The Labute approximate surface area is 99.3 Å². The second-order valence-electron chi connectivity index (χ2n) is 5.32. The van der Waals surface area contributed by atoms with E-state index < -0.39 is 0 Å². The van der Waals surface area contributed by atoms with Crippen molar-refractivity contribution in [2.45, 2.75) is 50.7 Å². The van der Waals surface area contributed by atoms with Gasteiger partial charge in [0.25, 0.3) is 0 Å². The molecule has 0 aromatic rings. The van der Waals surface area contributed by atoms with E-state index in [9.17, 15) is 0 Å². The lowest BCUT2D eigenvalue weighted by Gasteiger charge is -2.35. The van der Waals surface area contributed by atoms with Crippen LogP contribution < -0.4 is 10.6 Å². The Morgan fingerprint density at radius 1 is 1.25 bits per heavy atom. The van der Waals surface area contributed by atoms with E-state index in [1.165, 1.54) is 58.2 Å². The first-order chi connectivity index (χ1) is 7.88. The van der Waals surface area contributed by atoms with Crippen molar-refractivity contribution in [2.75, 3.05) is 26.7 Å². The molecule has 0 amide bonds. The standard InChI is InChI=1S/C13H26N2O/c1-16-13-9-12(10-13)15-6-2-3-11-4-7-14-8-5-11/h11-15H,2-10H2,1H3. The van der Waals surface area contributed by atoms with Crippen LogP contribution in [0.1, 0.15) is 38.5 Å². The summed E-state index contributed by atoms with van der Waals surface area (Å²) >= 11 is 0. The monoisotopic (exact) mass is 226 g/mol. The van der Waals surface area contributed by atoms with Gasteiger partial charge in [0.1, 0.15) is 0 Å². The minimum atomic E-state index is 0.530. The molecule has 0 atom stereocenters. The highest BCUT2D eigenvalue weighted by Crippen LogP contribution is 2.22. The van der Waals surface area contributed by atoms with Crippen LogP contribution in [0.2, 0.25) is 0 Å². The molecule has 1 saturated carbocycles. The maximum Gasteiger partial charge on any atom is 0.0601 e. The number of hydrogen-bond donors (Lipinski definition) is 2. The van der Waals surface area contributed by atoms with E-state index in [0.717, 1.165) is 12.0 Å². The summed E-state index contributed by atoms with van der Waals surface area (Å²) < 4.78 is 5.27. The zero-order chi connectivity index (χ0) is 11.2. The fourth-order valence-corrected chi connectivity index (χ4v) is 2.79. The van der Waals surface area contributed by atoms with Crippen molar-refractivity contribution in [3.63, 3.8) is 0 Å². The summed E-state index contributed by atoms with van der Waals surface area (Å²) in [6, 6.07) is 0.734. The highest BCUT2D eigenvalue weighted by atomic mass is 16.5. The molecule has 3 nitrogen and oxygen atoms in total. The zero-order valence-corrected chi connectivity index (χ0v) is 10.5. The fourth-order valence-electron chi connectivity index (χ4n) is 2.79. The summed E-state index contributed by atoms with van der Waals surface area (Å²) in [5.41, 5.74) is 0. The lowest BCUT2D eigenvalue weighted by Crippen LogP contribution is -2.45. The SMILES string of the molecule is COC1CC(NCCCC2CCNCC2)C1. The molecule has 1 saturated heterocycles. The summed E-state index contributed by atoms with van der Waals surface area (Å²) in [5.74, 6) is 0.983. The largest absolute Gasteiger partial charge is 0.381 e. The van der Waals surface area contributed by atoms with Crippen LogP contribution in [0.3, 0.4) is 0 Å². The molecule has 1 aliphatic heterocycles. The lowest BCUT2D eigenvalue weighted by molar-refractivity contribution is 0.0174. The van der Waals surface area contributed by atoms with Gasteiger partial charge in [0.15, 0.2) is 0 Å². The van der Waals surface area contributed by atoms with Crippen LogP contribution in [-0.4, -0.2) is 38.9 Å². The third-order valence-corrected chi connectivity index (χ3v) is 4.11. The van der Waals surface area contributed by atoms with Crippen molar-refractivity contribution in [1.82, 2.24) is 10.6 Å². The molecule has 2 rings (SSSR count). The van der Waals surface area contributed by atoms with E-state index in [2.05, 4.69) is 10.6 Å². The maximum atomic E-state index is 5.27. The van der Waals surface area contributed by atoms with Gasteiger partial charge in [-0.15, -0.1) is 0 Å². The quantitative estimate of drug-likeness (QED) is 0.674. The van der Waals surface area contributed by atoms with E-state index in [-0.39, 0.29) is 0 Å². The molecule has 16 heavy (non-hydrogen) atoms. The van der Waals surface area contributed by atoms with Crippen LogP contribution in [0.25, 0.3) is 0 Å². The van der Waals surface area contributed by atoms with Gasteiger partial charge in [0.2, 0.25) is 0 Å². The van der Waals surface area contributed by atoms with Crippen LogP contribution in [0.15, 0.2) is 0 Å². The summed E-state index contributed by atoms with van der Waals surface area (Å²) in [6.45, 7) is 3.66.